The molecule has 0 spiro atoms. The molecule has 0 saturated carbocycles. The van der Waals surface area contributed by atoms with Gasteiger partial charge in [-0.3, -0.25) is 4.52 Å². The fourth-order valence-corrected chi connectivity index (χ4v) is 3.05. The number of hydrogen-bond donors (Lipinski definition) is 3. The first kappa shape index (κ1) is 14.4. The summed E-state index contributed by atoms with van der Waals surface area (Å²) in [7, 11) is -3.89. The average molecular weight is 283 g/mol. The van der Waals surface area contributed by atoms with Gasteiger partial charge in [-0.2, -0.15) is 0 Å². The van der Waals surface area contributed by atoms with Crippen LogP contribution in [0, 0.1) is 0 Å². The number of nitrogens with zero attached hydrogens (tertiary/aromatic N) is 1. The molecule has 0 amide bonds. The summed E-state index contributed by atoms with van der Waals surface area (Å²) in [6, 6.07) is 0. The Kier molecular flexibility index (Phi) is 4.74. The van der Waals surface area contributed by atoms with Gasteiger partial charge in [0.2, 0.25) is 0 Å². The highest BCUT2D eigenvalue weighted by molar-refractivity contribution is 7.50. The van der Waals surface area contributed by atoms with E-state index in [1.807, 2.05) is 0 Å². The molecule has 106 valence electrons. The lowest BCUT2D eigenvalue weighted by Gasteiger charge is -2.30. The number of aliphatic hydroxyl groups is 2. The van der Waals surface area contributed by atoms with E-state index < -0.39 is 26.1 Å². The minimum atomic E-state index is -3.89. The fourth-order valence-electron chi connectivity index (χ4n) is 1.87. The van der Waals surface area contributed by atoms with Gasteiger partial charge in [0, 0.05) is 13.1 Å². The van der Waals surface area contributed by atoms with Gasteiger partial charge in [0.1, 0.15) is 18.3 Å². The van der Waals surface area contributed by atoms with Crippen molar-refractivity contribution < 1.29 is 33.7 Å². The molecule has 0 radical (unpaired) electrons. The summed E-state index contributed by atoms with van der Waals surface area (Å²) in [6.45, 7) is 1.19. The second-order valence-electron chi connectivity index (χ2n) is 4.28. The largest absolute Gasteiger partial charge is 0.405 e. The lowest BCUT2D eigenvalue weighted by Crippen LogP contribution is -2.36. The molecule has 3 N–H and O–H groups in total. The third-order valence-corrected chi connectivity index (χ3v) is 4.61. The highest BCUT2D eigenvalue weighted by Crippen LogP contribution is 2.46. The Morgan fingerprint density at radius 2 is 2.00 bits per heavy atom. The molecule has 2 aliphatic heterocycles. The molecule has 2 heterocycles. The van der Waals surface area contributed by atoms with Crippen molar-refractivity contribution in [1.82, 2.24) is 4.67 Å². The van der Waals surface area contributed by atoms with Gasteiger partial charge in [0.15, 0.2) is 0 Å². The van der Waals surface area contributed by atoms with Crippen LogP contribution in [0.5, 0.6) is 0 Å². The SMILES string of the molecule is O=P(O)(OC[C@H]1OC[C@H](O)[C@@H]1O)N1CCOCC1. The highest BCUT2D eigenvalue weighted by Gasteiger charge is 2.38. The predicted molar refractivity (Wildman–Crippen MR) is 59.9 cm³/mol. The van der Waals surface area contributed by atoms with Crippen molar-refractivity contribution in [3.8, 4) is 0 Å². The van der Waals surface area contributed by atoms with Crippen LogP contribution in [0.4, 0.5) is 0 Å². The number of rotatable bonds is 4. The van der Waals surface area contributed by atoms with E-state index in [1.54, 1.807) is 0 Å². The van der Waals surface area contributed by atoms with Gasteiger partial charge in [-0.05, 0) is 0 Å². The van der Waals surface area contributed by atoms with Gasteiger partial charge >= 0.3 is 7.75 Å². The van der Waals surface area contributed by atoms with E-state index in [0.717, 1.165) is 0 Å². The molecule has 2 saturated heterocycles. The number of hydrogen-bond acceptors (Lipinski definition) is 6. The molecule has 18 heavy (non-hydrogen) atoms. The molecule has 9 heteroatoms. The third kappa shape index (κ3) is 3.28. The first-order chi connectivity index (χ1) is 8.50. The third-order valence-electron chi connectivity index (χ3n) is 3.01. The molecular weight excluding hydrogens is 265 g/mol. The molecule has 2 fully saturated rings. The van der Waals surface area contributed by atoms with Crippen LogP contribution in [0.1, 0.15) is 0 Å². The Labute approximate surface area is 105 Å². The maximum absolute atomic E-state index is 11.9. The Bertz CT molecular complexity index is 322. The Balaban J connectivity index is 1.83. The first-order valence-corrected chi connectivity index (χ1v) is 7.32. The standard InChI is InChI=1S/C9H18NO7P/c11-7-5-16-8(9(7)12)6-17-18(13,14)10-1-3-15-4-2-10/h7-9,11-12H,1-6H2,(H,13,14)/t7-,8+,9-/m0/s1. The van der Waals surface area contributed by atoms with E-state index in [4.69, 9.17) is 14.0 Å². The molecule has 2 aliphatic rings. The first-order valence-electron chi connectivity index (χ1n) is 5.79. The van der Waals surface area contributed by atoms with E-state index in [9.17, 15) is 19.7 Å². The molecule has 0 aromatic carbocycles. The van der Waals surface area contributed by atoms with E-state index >= 15 is 0 Å². The monoisotopic (exact) mass is 283 g/mol. The summed E-state index contributed by atoms with van der Waals surface area (Å²) in [5, 5.41) is 18.8. The van der Waals surface area contributed by atoms with Crippen LogP contribution in [0.15, 0.2) is 0 Å². The van der Waals surface area contributed by atoms with Gasteiger partial charge in [0.05, 0.1) is 26.4 Å². The summed E-state index contributed by atoms with van der Waals surface area (Å²) in [5.41, 5.74) is 0. The lowest BCUT2D eigenvalue weighted by molar-refractivity contribution is -0.00823. The van der Waals surface area contributed by atoms with Crippen molar-refractivity contribution in [2.45, 2.75) is 18.3 Å². The molecular formula is C9H18NO7P. The average Bonchev–Trinajstić information content (AvgIpc) is 2.69. The minimum Gasteiger partial charge on any atom is -0.388 e. The second kappa shape index (κ2) is 5.94. The summed E-state index contributed by atoms with van der Waals surface area (Å²) in [5.74, 6) is 0. The molecule has 4 atom stereocenters. The van der Waals surface area contributed by atoms with Gasteiger partial charge in [-0.25, -0.2) is 9.24 Å². The van der Waals surface area contributed by atoms with Crippen LogP contribution in [0.3, 0.4) is 0 Å². The zero-order valence-corrected chi connectivity index (χ0v) is 10.7. The number of ether oxygens (including phenoxy) is 2. The molecule has 0 aromatic rings. The van der Waals surface area contributed by atoms with Crippen molar-refractivity contribution >= 4 is 7.75 Å². The van der Waals surface area contributed by atoms with Crippen LogP contribution >= 0.6 is 7.75 Å². The molecule has 0 aliphatic carbocycles. The Morgan fingerprint density at radius 1 is 1.33 bits per heavy atom. The highest BCUT2D eigenvalue weighted by atomic mass is 31.2. The molecule has 2 rings (SSSR count). The van der Waals surface area contributed by atoms with E-state index in [0.29, 0.717) is 26.3 Å². The summed E-state index contributed by atoms with van der Waals surface area (Å²) in [4.78, 5) is 9.76. The summed E-state index contributed by atoms with van der Waals surface area (Å²) < 4.78 is 28.3. The quantitative estimate of drug-likeness (QED) is 0.538. The minimum absolute atomic E-state index is 0.00246. The fraction of sp³-hybridized carbons (Fsp3) is 1.00. The Hall–Kier alpha value is -0.0500. The maximum Gasteiger partial charge on any atom is 0.405 e. The molecule has 0 aromatic heterocycles. The summed E-state index contributed by atoms with van der Waals surface area (Å²) >= 11 is 0. The normalized spacial score (nSPS) is 37.6. The van der Waals surface area contributed by atoms with Crippen molar-refractivity contribution in [2.24, 2.45) is 0 Å². The van der Waals surface area contributed by atoms with Crippen LogP contribution in [-0.2, 0) is 18.6 Å². The molecule has 0 bridgehead atoms. The molecule has 8 nitrogen and oxygen atoms in total. The number of aliphatic hydroxyl groups excluding tert-OH is 2. The zero-order valence-electron chi connectivity index (χ0n) is 9.84. The van der Waals surface area contributed by atoms with E-state index in [2.05, 4.69) is 0 Å². The zero-order chi connectivity index (χ0) is 13.2. The van der Waals surface area contributed by atoms with Gasteiger partial charge in [0.25, 0.3) is 0 Å². The van der Waals surface area contributed by atoms with Crippen LogP contribution in [-0.4, -0.2) is 77.6 Å². The molecule has 1 unspecified atom stereocenters. The van der Waals surface area contributed by atoms with Crippen molar-refractivity contribution in [3.05, 3.63) is 0 Å². The second-order valence-corrected chi connectivity index (χ2v) is 6.09. The van der Waals surface area contributed by atoms with Gasteiger partial charge in [-0.15, -0.1) is 0 Å². The maximum atomic E-state index is 11.9. The van der Waals surface area contributed by atoms with Crippen molar-refractivity contribution in [1.29, 1.82) is 0 Å². The van der Waals surface area contributed by atoms with Crippen molar-refractivity contribution in [2.75, 3.05) is 39.5 Å². The van der Waals surface area contributed by atoms with Gasteiger partial charge in [-0.1, -0.05) is 0 Å². The van der Waals surface area contributed by atoms with Crippen LogP contribution < -0.4 is 0 Å². The topological polar surface area (TPSA) is 109 Å². The van der Waals surface area contributed by atoms with E-state index in [1.165, 1.54) is 4.67 Å². The number of morpholine rings is 1. The van der Waals surface area contributed by atoms with Crippen molar-refractivity contribution in [3.63, 3.8) is 0 Å². The van der Waals surface area contributed by atoms with Crippen LogP contribution in [0.2, 0.25) is 0 Å². The van der Waals surface area contributed by atoms with Crippen LogP contribution in [0.25, 0.3) is 0 Å². The smallest absolute Gasteiger partial charge is 0.388 e. The Morgan fingerprint density at radius 3 is 2.56 bits per heavy atom. The van der Waals surface area contributed by atoms with Gasteiger partial charge < -0.3 is 24.6 Å². The lowest BCUT2D eigenvalue weighted by atomic mass is 10.2. The predicted octanol–water partition coefficient (Wildman–Crippen LogP) is -1.44. The summed E-state index contributed by atoms with van der Waals surface area (Å²) in [6.07, 6.45) is -2.84. The van der Waals surface area contributed by atoms with E-state index in [-0.39, 0.29) is 13.2 Å².